The molecule has 3 unspecified atom stereocenters. The van der Waals surface area contributed by atoms with Crippen molar-refractivity contribution in [1.82, 2.24) is 14.8 Å². The van der Waals surface area contributed by atoms with Crippen LogP contribution in [-0.4, -0.2) is 62.0 Å². The zero-order chi connectivity index (χ0) is 22.5. The van der Waals surface area contributed by atoms with Gasteiger partial charge in [-0.15, -0.1) is 0 Å². The van der Waals surface area contributed by atoms with Crippen molar-refractivity contribution in [2.24, 2.45) is 17.8 Å². The second-order valence-electron chi connectivity index (χ2n) is 10.6. The van der Waals surface area contributed by atoms with Gasteiger partial charge in [0.2, 0.25) is 5.78 Å². The number of carbonyl (C=O) groups excluding carboxylic acids is 2. The SMILES string of the molecule is O=C1N(C2C3CC4CC2CC(O)(C4)C3)CC2(C(=O)c3ccc(C(F)(F)F)cn3)CCCN12. The molecule has 1 aromatic heterocycles. The Labute approximate surface area is 183 Å². The predicted molar refractivity (Wildman–Crippen MR) is 107 cm³/mol. The highest BCUT2D eigenvalue weighted by Gasteiger charge is 2.63. The fourth-order valence-electron chi connectivity index (χ4n) is 7.76. The van der Waals surface area contributed by atoms with E-state index in [1.807, 2.05) is 4.90 Å². The number of rotatable bonds is 3. The molecular formula is C23H26F3N3O3. The minimum absolute atomic E-state index is 0.0233. The third-order valence-electron chi connectivity index (χ3n) is 8.69. The van der Waals surface area contributed by atoms with Crippen LogP contribution in [0.1, 0.15) is 61.0 Å². The van der Waals surface area contributed by atoms with Gasteiger partial charge >= 0.3 is 12.2 Å². The lowest BCUT2D eigenvalue weighted by Gasteiger charge is -2.59. The molecule has 2 saturated heterocycles. The maximum absolute atomic E-state index is 13.5. The smallest absolute Gasteiger partial charge is 0.390 e. The number of alkyl halides is 3. The van der Waals surface area contributed by atoms with Gasteiger partial charge in [-0.05, 0) is 74.8 Å². The molecule has 32 heavy (non-hydrogen) atoms. The van der Waals surface area contributed by atoms with E-state index >= 15 is 0 Å². The molecule has 6 nitrogen and oxygen atoms in total. The molecule has 7 rings (SSSR count). The Hall–Kier alpha value is -2.16. The van der Waals surface area contributed by atoms with Crippen LogP contribution in [0.25, 0.3) is 0 Å². The number of urea groups is 1. The lowest BCUT2D eigenvalue weighted by molar-refractivity contribution is -0.152. The number of ketones is 1. The summed E-state index contributed by atoms with van der Waals surface area (Å²) in [6.07, 6.45) is 1.63. The van der Waals surface area contributed by atoms with Crippen molar-refractivity contribution < 1.29 is 27.9 Å². The quantitative estimate of drug-likeness (QED) is 0.717. The molecule has 6 fully saturated rings. The van der Waals surface area contributed by atoms with Crippen LogP contribution in [0.4, 0.5) is 18.0 Å². The summed E-state index contributed by atoms with van der Waals surface area (Å²) in [7, 11) is 0. The van der Waals surface area contributed by atoms with Crippen molar-refractivity contribution in [3.8, 4) is 0 Å². The van der Waals surface area contributed by atoms with E-state index in [9.17, 15) is 27.9 Å². The Balaban J connectivity index is 1.30. The van der Waals surface area contributed by atoms with Crippen molar-refractivity contribution in [1.29, 1.82) is 0 Å². The molecule has 4 aliphatic carbocycles. The minimum atomic E-state index is -4.52. The second kappa shape index (κ2) is 6.46. The number of amides is 2. The van der Waals surface area contributed by atoms with Crippen LogP contribution in [0.5, 0.6) is 0 Å². The van der Waals surface area contributed by atoms with Gasteiger partial charge in [0, 0.05) is 18.8 Å². The third kappa shape index (κ3) is 2.79. The van der Waals surface area contributed by atoms with E-state index in [4.69, 9.17) is 0 Å². The largest absolute Gasteiger partial charge is 0.417 e. The topological polar surface area (TPSA) is 73.7 Å². The van der Waals surface area contributed by atoms with E-state index < -0.39 is 22.9 Å². The third-order valence-corrected chi connectivity index (χ3v) is 8.69. The zero-order valence-corrected chi connectivity index (χ0v) is 17.6. The fraction of sp³-hybridized carbons (Fsp3) is 0.696. The van der Waals surface area contributed by atoms with Crippen molar-refractivity contribution >= 4 is 11.8 Å². The lowest BCUT2D eigenvalue weighted by atomic mass is 9.52. The molecule has 3 atom stereocenters. The number of carbonyl (C=O) groups is 2. The van der Waals surface area contributed by atoms with E-state index in [0.29, 0.717) is 44.3 Å². The van der Waals surface area contributed by atoms with E-state index in [1.54, 1.807) is 4.90 Å². The lowest BCUT2D eigenvalue weighted by Crippen LogP contribution is -2.62. The summed E-state index contributed by atoms with van der Waals surface area (Å²) >= 11 is 0. The van der Waals surface area contributed by atoms with Gasteiger partial charge < -0.3 is 14.9 Å². The molecule has 4 bridgehead atoms. The van der Waals surface area contributed by atoms with Gasteiger partial charge in [0.15, 0.2) is 0 Å². The van der Waals surface area contributed by atoms with Gasteiger partial charge in [-0.1, -0.05) is 0 Å². The molecule has 6 aliphatic rings. The number of nitrogens with zero attached hydrogens (tertiary/aromatic N) is 3. The summed E-state index contributed by atoms with van der Waals surface area (Å²) in [6.45, 7) is 0.727. The number of fused-ring (bicyclic) bond motifs is 1. The summed E-state index contributed by atoms with van der Waals surface area (Å²) in [5.74, 6) is 0.623. The number of aliphatic hydroxyl groups is 1. The van der Waals surface area contributed by atoms with Crippen LogP contribution in [0, 0.1) is 17.8 Å². The normalized spacial score (nSPS) is 40.3. The molecule has 0 radical (unpaired) electrons. The van der Waals surface area contributed by atoms with Gasteiger partial charge in [0.05, 0.1) is 17.7 Å². The van der Waals surface area contributed by atoms with E-state index in [0.717, 1.165) is 31.4 Å². The summed E-state index contributed by atoms with van der Waals surface area (Å²) in [6, 6.07) is 1.88. The van der Waals surface area contributed by atoms with Crippen molar-refractivity contribution in [2.45, 2.75) is 68.3 Å². The summed E-state index contributed by atoms with van der Waals surface area (Å²) in [5, 5.41) is 10.9. The number of pyridine rings is 1. The molecule has 1 N–H and O–H groups in total. The van der Waals surface area contributed by atoms with E-state index in [2.05, 4.69) is 4.98 Å². The Kier molecular flexibility index (Phi) is 4.13. The summed E-state index contributed by atoms with van der Waals surface area (Å²) in [5.41, 5.74) is -2.59. The van der Waals surface area contributed by atoms with Crippen molar-refractivity contribution in [3.05, 3.63) is 29.6 Å². The Morgan fingerprint density at radius 2 is 1.88 bits per heavy atom. The number of hydrogen-bond donors (Lipinski definition) is 1. The first-order chi connectivity index (χ1) is 15.1. The van der Waals surface area contributed by atoms with Gasteiger partial charge in [-0.25, -0.2) is 4.79 Å². The minimum Gasteiger partial charge on any atom is -0.390 e. The molecule has 0 spiro atoms. The highest BCUT2D eigenvalue weighted by Crippen LogP contribution is 2.58. The molecule has 3 heterocycles. The van der Waals surface area contributed by atoms with E-state index in [1.165, 1.54) is 0 Å². The van der Waals surface area contributed by atoms with Crippen LogP contribution in [-0.2, 0) is 6.18 Å². The second-order valence-corrected chi connectivity index (χ2v) is 10.6. The van der Waals surface area contributed by atoms with Crippen molar-refractivity contribution in [2.75, 3.05) is 13.1 Å². The first-order valence-electron chi connectivity index (χ1n) is 11.5. The van der Waals surface area contributed by atoms with E-state index in [-0.39, 0.29) is 41.9 Å². The van der Waals surface area contributed by atoms with Gasteiger partial charge in [0.1, 0.15) is 11.2 Å². The van der Waals surface area contributed by atoms with Gasteiger partial charge in [0.25, 0.3) is 0 Å². The van der Waals surface area contributed by atoms with Crippen LogP contribution in [0.15, 0.2) is 18.3 Å². The van der Waals surface area contributed by atoms with Crippen LogP contribution < -0.4 is 0 Å². The predicted octanol–water partition coefficient (Wildman–Crippen LogP) is 3.49. The van der Waals surface area contributed by atoms with Crippen LogP contribution in [0.3, 0.4) is 0 Å². The Morgan fingerprint density at radius 1 is 1.16 bits per heavy atom. The Morgan fingerprint density at radius 3 is 2.47 bits per heavy atom. The molecule has 172 valence electrons. The molecule has 4 saturated carbocycles. The molecule has 9 heteroatoms. The fourth-order valence-corrected chi connectivity index (χ4v) is 7.76. The average Bonchev–Trinajstić information content (AvgIpc) is 3.25. The van der Waals surface area contributed by atoms with Crippen molar-refractivity contribution in [3.63, 3.8) is 0 Å². The maximum atomic E-state index is 13.5. The average molecular weight is 449 g/mol. The monoisotopic (exact) mass is 449 g/mol. The summed E-state index contributed by atoms with van der Waals surface area (Å²) < 4.78 is 38.7. The Bertz CT molecular complexity index is 965. The number of aromatic nitrogens is 1. The highest BCUT2D eigenvalue weighted by molar-refractivity contribution is 6.06. The first-order valence-corrected chi connectivity index (χ1v) is 11.5. The number of Topliss-reactive ketones (excluding diaryl/α,β-unsaturated/α-hetero) is 1. The molecule has 2 amide bonds. The van der Waals surface area contributed by atoms with Crippen LogP contribution in [0.2, 0.25) is 0 Å². The van der Waals surface area contributed by atoms with Crippen LogP contribution >= 0.6 is 0 Å². The molecular weight excluding hydrogens is 423 g/mol. The molecule has 0 aromatic carbocycles. The van der Waals surface area contributed by atoms with Gasteiger partial charge in [-0.3, -0.25) is 9.78 Å². The zero-order valence-electron chi connectivity index (χ0n) is 17.6. The highest BCUT2D eigenvalue weighted by atomic mass is 19.4. The molecule has 1 aromatic rings. The standard InChI is InChI=1S/C23H26F3N3O3/c24-23(25,26)16-2-3-17(27-11-16)19(30)22-4-1-5-29(22)20(31)28(12-22)18-14-6-13-7-15(18)10-21(32,8-13)9-14/h2-3,11,13-15,18,32H,1,4-10,12H2. The van der Waals surface area contributed by atoms with Gasteiger partial charge in [-0.2, -0.15) is 13.2 Å². The number of hydrogen-bond acceptors (Lipinski definition) is 4. The maximum Gasteiger partial charge on any atom is 0.417 e. The summed E-state index contributed by atoms with van der Waals surface area (Å²) in [4.78, 5) is 34.3. The molecule has 2 aliphatic heterocycles. The first kappa shape index (κ1) is 20.4. The number of halogens is 3.